The second kappa shape index (κ2) is 15.8. The molecule has 0 amide bonds. The average molecular weight is 816 g/mol. The first-order chi connectivity index (χ1) is 31.7. The summed E-state index contributed by atoms with van der Waals surface area (Å²) < 4.78 is 6.46. The van der Waals surface area contributed by atoms with Gasteiger partial charge in [0, 0.05) is 33.3 Å². The average Bonchev–Trinajstić information content (AvgIpc) is 3.76. The van der Waals surface area contributed by atoms with Crippen LogP contribution >= 0.6 is 0 Å². The fraction of sp³-hybridized carbons (Fsp3) is 0. The van der Waals surface area contributed by atoms with Crippen molar-refractivity contribution in [1.82, 2.24) is 0 Å². The molecule has 2 nitrogen and oxygen atoms in total. The lowest BCUT2D eigenvalue weighted by Crippen LogP contribution is -2.11. The van der Waals surface area contributed by atoms with E-state index in [-0.39, 0.29) is 0 Å². The van der Waals surface area contributed by atoms with Crippen LogP contribution in [0, 0.1) is 0 Å². The van der Waals surface area contributed by atoms with E-state index < -0.39 is 0 Å². The maximum Gasteiger partial charge on any atom is 0.143 e. The zero-order valence-electron chi connectivity index (χ0n) is 35.0. The summed E-state index contributed by atoms with van der Waals surface area (Å²) >= 11 is 0. The van der Waals surface area contributed by atoms with Crippen LogP contribution in [0.4, 0.5) is 17.1 Å². The maximum absolute atomic E-state index is 6.46. The molecule has 12 aromatic rings. The number of anilines is 3. The van der Waals surface area contributed by atoms with Crippen molar-refractivity contribution in [3.8, 4) is 55.6 Å². The van der Waals surface area contributed by atoms with Gasteiger partial charge in [-0.3, -0.25) is 0 Å². The molecule has 0 atom stereocenters. The van der Waals surface area contributed by atoms with E-state index in [4.69, 9.17) is 4.42 Å². The molecule has 1 heterocycles. The molecule has 0 aliphatic carbocycles. The summed E-state index contributed by atoms with van der Waals surface area (Å²) in [6.45, 7) is 0. The topological polar surface area (TPSA) is 16.4 Å². The van der Waals surface area contributed by atoms with Gasteiger partial charge in [0.2, 0.25) is 0 Å². The summed E-state index contributed by atoms with van der Waals surface area (Å²) in [5, 5.41) is 7.27. The van der Waals surface area contributed by atoms with Crippen molar-refractivity contribution in [2.75, 3.05) is 4.90 Å². The zero-order valence-corrected chi connectivity index (χ0v) is 35.0. The number of nitrogens with zero attached hydrogens (tertiary/aromatic N) is 1. The number of hydrogen-bond donors (Lipinski definition) is 0. The van der Waals surface area contributed by atoms with Gasteiger partial charge in [0.05, 0.1) is 5.69 Å². The molecule has 0 unspecified atom stereocenters. The summed E-state index contributed by atoms with van der Waals surface area (Å²) in [7, 11) is 0. The van der Waals surface area contributed by atoms with Crippen LogP contribution in [-0.4, -0.2) is 0 Å². The van der Waals surface area contributed by atoms with Crippen LogP contribution in [0.3, 0.4) is 0 Å². The van der Waals surface area contributed by atoms with Crippen LogP contribution in [0.25, 0.3) is 99.1 Å². The smallest absolute Gasteiger partial charge is 0.143 e. The summed E-state index contributed by atoms with van der Waals surface area (Å²) in [5.41, 5.74) is 16.8. The quantitative estimate of drug-likeness (QED) is 0.152. The normalized spacial score (nSPS) is 11.4. The van der Waals surface area contributed by atoms with Crippen molar-refractivity contribution in [2.24, 2.45) is 0 Å². The highest BCUT2D eigenvalue weighted by molar-refractivity contribution is 6.09. The van der Waals surface area contributed by atoms with Crippen molar-refractivity contribution in [2.45, 2.75) is 0 Å². The fourth-order valence-electron chi connectivity index (χ4n) is 9.53. The Balaban J connectivity index is 0.920. The summed E-state index contributed by atoms with van der Waals surface area (Å²) in [6.07, 6.45) is 0. The monoisotopic (exact) mass is 815 g/mol. The van der Waals surface area contributed by atoms with Crippen LogP contribution in [0.2, 0.25) is 0 Å². The van der Waals surface area contributed by atoms with E-state index in [1.165, 1.54) is 54.9 Å². The van der Waals surface area contributed by atoms with Gasteiger partial charge in [-0.15, -0.1) is 0 Å². The number of hydrogen-bond acceptors (Lipinski definition) is 2. The predicted molar refractivity (Wildman–Crippen MR) is 271 cm³/mol. The number of fused-ring (bicyclic) bond motifs is 5. The van der Waals surface area contributed by atoms with Gasteiger partial charge in [0.25, 0.3) is 0 Å². The molecular weight excluding hydrogens is 775 g/mol. The Bertz CT molecular complexity index is 3630. The minimum atomic E-state index is 0.902. The van der Waals surface area contributed by atoms with E-state index in [9.17, 15) is 0 Å². The van der Waals surface area contributed by atoms with E-state index in [1.807, 2.05) is 12.1 Å². The first-order valence-electron chi connectivity index (χ1n) is 21.9. The van der Waals surface area contributed by atoms with Crippen molar-refractivity contribution in [1.29, 1.82) is 0 Å². The SMILES string of the molecule is c1ccc(N(c2ccc(-c3cccc4ccccc34)cc2)c2ccc(-c3cccc4c3oc3ccccc34)cc2)c(-c2ccc(-c3ccc(-c4cccc5ccccc45)cc3)cc2)c1. The van der Waals surface area contributed by atoms with E-state index >= 15 is 0 Å². The highest BCUT2D eigenvalue weighted by Gasteiger charge is 2.19. The Morgan fingerprint density at radius 3 is 1.22 bits per heavy atom. The molecule has 0 spiro atoms. The lowest BCUT2D eigenvalue weighted by atomic mass is 9.95. The third-order valence-corrected chi connectivity index (χ3v) is 12.7. The molecule has 0 saturated carbocycles. The second-order valence-corrected chi connectivity index (χ2v) is 16.4. The molecule has 1 aromatic heterocycles. The second-order valence-electron chi connectivity index (χ2n) is 16.4. The molecular formula is C62H41NO. The van der Waals surface area contributed by atoms with Crippen LogP contribution in [-0.2, 0) is 0 Å². The molecule has 2 heteroatoms. The van der Waals surface area contributed by atoms with Gasteiger partial charge in [0.15, 0.2) is 0 Å². The Hall–Kier alpha value is -8.46. The molecule has 0 aliphatic heterocycles. The van der Waals surface area contributed by atoms with Gasteiger partial charge in [-0.25, -0.2) is 0 Å². The summed E-state index contributed by atoms with van der Waals surface area (Å²) in [6, 6.07) is 89.6. The van der Waals surface area contributed by atoms with Gasteiger partial charge in [-0.05, 0) is 102 Å². The van der Waals surface area contributed by atoms with Gasteiger partial charge >= 0.3 is 0 Å². The largest absolute Gasteiger partial charge is 0.455 e. The highest BCUT2D eigenvalue weighted by Crippen LogP contribution is 2.44. The minimum Gasteiger partial charge on any atom is -0.455 e. The Kier molecular flexibility index (Phi) is 9.20. The zero-order chi connectivity index (χ0) is 42.4. The third kappa shape index (κ3) is 6.61. The Morgan fingerprint density at radius 2 is 0.625 bits per heavy atom. The molecule has 0 N–H and O–H groups in total. The van der Waals surface area contributed by atoms with Gasteiger partial charge in [0.1, 0.15) is 11.2 Å². The molecule has 12 rings (SSSR count). The van der Waals surface area contributed by atoms with Crippen LogP contribution < -0.4 is 4.90 Å². The van der Waals surface area contributed by atoms with Gasteiger partial charge in [-0.1, -0.05) is 212 Å². The van der Waals surface area contributed by atoms with Crippen molar-refractivity contribution < 1.29 is 4.42 Å². The van der Waals surface area contributed by atoms with E-state index in [2.05, 4.69) is 241 Å². The van der Waals surface area contributed by atoms with Crippen molar-refractivity contribution >= 4 is 60.5 Å². The standard InChI is InChI=1S/C62H41NO/c1-3-16-52-44(12-1)14-9-20-54(52)46-30-26-42(27-31-46)43-28-32-48(33-29-43)56-18-5-7-24-60(56)63(50-38-34-47(35-39-50)55-21-10-15-45-13-2-4-17-53(45)55)51-40-36-49(37-41-51)57-22-11-23-59-58-19-6-8-25-61(58)64-62(57)59/h1-41H. The molecule has 0 aliphatic rings. The maximum atomic E-state index is 6.46. The third-order valence-electron chi connectivity index (χ3n) is 12.7. The van der Waals surface area contributed by atoms with Crippen LogP contribution in [0.15, 0.2) is 253 Å². The number of benzene rings is 11. The molecule has 64 heavy (non-hydrogen) atoms. The molecule has 0 bridgehead atoms. The fourth-order valence-corrected chi connectivity index (χ4v) is 9.53. The number of furan rings is 1. The van der Waals surface area contributed by atoms with E-state index in [0.717, 1.165) is 61.3 Å². The van der Waals surface area contributed by atoms with Gasteiger partial charge < -0.3 is 9.32 Å². The first-order valence-corrected chi connectivity index (χ1v) is 21.9. The molecule has 11 aromatic carbocycles. The Morgan fingerprint density at radius 1 is 0.250 bits per heavy atom. The van der Waals surface area contributed by atoms with E-state index in [0.29, 0.717) is 0 Å². The summed E-state index contributed by atoms with van der Waals surface area (Å²) in [4.78, 5) is 2.38. The molecule has 0 fully saturated rings. The lowest BCUT2D eigenvalue weighted by Gasteiger charge is -2.28. The lowest BCUT2D eigenvalue weighted by molar-refractivity contribution is 0.670. The van der Waals surface area contributed by atoms with Crippen molar-refractivity contribution in [3.05, 3.63) is 249 Å². The number of rotatable bonds is 8. The Labute approximate surface area is 372 Å². The molecule has 0 radical (unpaired) electrons. The van der Waals surface area contributed by atoms with Crippen LogP contribution in [0.1, 0.15) is 0 Å². The van der Waals surface area contributed by atoms with Crippen LogP contribution in [0.5, 0.6) is 0 Å². The van der Waals surface area contributed by atoms with E-state index in [1.54, 1.807) is 0 Å². The van der Waals surface area contributed by atoms with Gasteiger partial charge in [-0.2, -0.15) is 0 Å². The predicted octanol–water partition coefficient (Wildman–Crippen LogP) is 17.7. The highest BCUT2D eigenvalue weighted by atomic mass is 16.3. The van der Waals surface area contributed by atoms with Crippen molar-refractivity contribution in [3.63, 3.8) is 0 Å². The summed E-state index contributed by atoms with van der Waals surface area (Å²) in [5.74, 6) is 0. The number of para-hydroxylation sites is 3. The minimum absolute atomic E-state index is 0.902. The first kappa shape index (κ1) is 37.3. The molecule has 0 saturated heterocycles. The molecule has 300 valence electrons.